The standard InChI is InChI=1S/C14H18N4O3/c19-13(15-4-1-6-18-7-5-16-17-18)11-9-2-3-10(8-9)12(11)14(20)21/h2-3,5,7,9-12H,1,4,6,8H2,(H,15,19)(H,20,21)/t9?,10?,11-,12+/m0/s1. The molecule has 1 heterocycles. The van der Waals surface area contributed by atoms with E-state index in [2.05, 4.69) is 15.6 Å². The average molecular weight is 290 g/mol. The number of nitrogens with one attached hydrogen (secondary N) is 1. The van der Waals surface area contributed by atoms with Crippen molar-refractivity contribution in [2.24, 2.45) is 23.7 Å². The van der Waals surface area contributed by atoms with Crippen LogP contribution in [0.3, 0.4) is 0 Å². The number of carbonyl (C=O) groups is 2. The summed E-state index contributed by atoms with van der Waals surface area (Å²) in [7, 11) is 0. The maximum Gasteiger partial charge on any atom is 0.307 e. The molecule has 1 amide bonds. The van der Waals surface area contributed by atoms with Crippen molar-refractivity contribution in [2.45, 2.75) is 19.4 Å². The zero-order valence-corrected chi connectivity index (χ0v) is 11.6. The lowest BCUT2D eigenvalue weighted by atomic mass is 9.82. The minimum absolute atomic E-state index is 0.0124. The monoisotopic (exact) mass is 290 g/mol. The second-order valence-corrected chi connectivity index (χ2v) is 5.65. The second-order valence-electron chi connectivity index (χ2n) is 5.65. The molecule has 0 radical (unpaired) electrons. The first-order valence-electron chi connectivity index (χ1n) is 7.20. The van der Waals surface area contributed by atoms with Crippen molar-refractivity contribution in [1.82, 2.24) is 20.3 Å². The van der Waals surface area contributed by atoms with Crippen LogP contribution in [0.15, 0.2) is 24.5 Å². The average Bonchev–Trinajstić information content (AvgIpc) is 3.18. The molecule has 1 saturated carbocycles. The van der Waals surface area contributed by atoms with Crippen LogP contribution in [-0.4, -0.2) is 38.5 Å². The molecule has 1 aromatic rings. The van der Waals surface area contributed by atoms with Crippen LogP contribution in [0.4, 0.5) is 0 Å². The van der Waals surface area contributed by atoms with Gasteiger partial charge in [0.2, 0.25) is 5.91 Å². The van der Waals surface area contributed by atoms with Gasteiger partial charge in [0.15, 0.2) is 0 Å². The molecule has 7 heteroatoms. The lowest BCUT2D eigenvalue weighted by Gasteiger charge is -2.23. The highest BCUT2D eigenvalue weighted by molar-refractivity contribution is 5.86. The van der Waals surface area contributed by atoms with Crippen LogP contribution >= 0.6 is 0 Å². The first kappa shape index (κ1) is 13.8. The maximum atomic E-state index is 12.3. The molecule has 7 nitrogen and oxygen atoms in total. The Labute approximate surface area is 122 Å². The zero-order chi connectivity index (χ0) is 14.8. The van der Waals surface area contributed by atoms with Crippen LogP contribution < -0.4 is 5.32 Å². The van der Waals surface area contributed by atoms with E-state index in [-0.39, 0.29) is 17.7 Å². The molecule has 2 unspecified atom stereocenters. The van der Waals surface area contributed by atoms with E-state index in [9.17, 15) is 14.7 Å². The zero-order valence-electron chi connectivity index (χ0n) is 11.6. The maximum absolute atomic E-state index is 12.3. The fourth-order valence-corrected chi connectivity index (χ4v) is 3.44. The normalized spacial score (nSPS) is 29.7. The van der Waals surface area contributed by atoms with Gasteiger partial charge in [-0.2, -0.15) is 0 Å². The number of carbonyl (C=O) groups excluding carboxylic acids is 1. The van der Waals surface area contributed by atoms with E-state index in [4.69, 9.17) is 0 Å². The number of aryl methyl sites for hydroxylation is 1. The van der Waals surface area contributed by atoms with Crippen LogP contribution in [0.25, 0.3) is 0 Å². The smallest absolute Gasteiger partial charge is 0.307 e. The van der Waals surface area contributed by atoms with E-state index in [1.165, 1.54) is 0 Å². The summed E-state index contributed by atoms with van der Waals surface area (Å²) in [5, 5.41) is 19.7. The van der Waals surface area contributed by atoms with Crippen LogP contribution in [0, 0.1) is 23.7 Å². The van der Waals surface area contributed by atoms with Crippen LogP contribution in [0.1, 0.15) is 12.8 Å². The molecule has 2 N–H and O–H groups in total. The summed E-state index contributed by atoms with van der Waals surface area (Å²) in [4.78, 5) is 23.6. The van der Waals surface area contributed by atoms with Crippen LogP contribution in [-0.2, 0) is 16.1 Å². The Morgan fingerprint density at radius 3 is 2.71 bits per heavy atom. The van der Waals surface area contributed by atoms with Gasteiger partial charge in [0.05, 0.1) is 18.0 Å². The molecule has 0 spiro atoms. The van der Waals surface area contributed by atoms with Crippen LogP contribution in [0.2, 0.25) is 0 Å². The molecule has 0 aromatic carbocycles. The van der Waals surface area contributed by atoms with Gasteiger partial charge in [-0.15, -0.1) is 5.10 Å². The summed E-state index contributed by atoms with van der Waals surface area (Å²) in [5.74, 6) is -1.92. The lowest BCUT2D eigenvalue weighted by Crippen LogP contribution is -2.40. The number of fused-ring (bicyclic) bond motifs is 2. The Bertz CT molecular complexity index is 555. The largest absolute Gasteiger partial charge is 0.481 e. The minimum atomic E-state index is -0.866. The Kier molecular flexibility index (Phi) is 3.72. The van der Waals surface area contributed by atoms with E-state index in [0.717, 1.165) is 12.8 Å². The molecule has 0 saturated heterocycles. The summed E-state index contributed by atoms with van der Waals surface area (Å²) in [6.07, 6.45) is 8.83. The first-order chi connectivity index (χ1) is 10.2. The number of hydrogen-bond acceptors (Lipinski definition) is 4. The molecule has 112 valence electrons. The van der Waals surface area contributed by atoms with Crippen LogP contribution in [0.5, 0.6) is 0 Å². The Balaban J connectivity index is 1.51. The van der Waals surface area contributed by atoms with Gasteiger partial charge in [-0.25, -0.2) is 0 Å². The van der Waals surface area contributed by atoms with Gasteiger partial charge >= 0.3 is 5.97 Å². The molecule has 0 aliphatic heterocycles. The van der Waals surface area contributed by atoms with Gasteiger partial charge in [0.25, 0.3) is 0 Å². The number of rotatable bonds is 6. The third kappa shape index (κ3) is 2.68. The molecule has 1 fully saturated rings. The number of amides is 1. The highest BCUT2D eigenvalue weighted by Crippen LogP contribution is 2.48. The van der Waals surface area contributed by atoms with E-state index in [0.29, 0.717) is 13.1 Å². The molecule has 3 rings (SSSR count). The highest BCUT2D eigenvalue weighted by atomic mass is 16.4. The number of aromatic nitrogens is 3. The highest BCUT2D eigenvalue weighted by Gasteiger charge is 2.51. The van der Waals surface area contributed by atoms with Crippen molar-refractivity contribution in [3.63, 3.8) is 0 Å². The fourth-order valence-electron chi connectivity index (χ4n) is 3.44. The molecule has 21 heavy (non-hydrogen) atoms. The lowest BCUT2D eigenvalue weighted by molar-refractivity contribution is -0.147. The van der Waals surface area contributed by atoms with Gasteiger partial charge in [-0.05, 0) is 24.7 Å². The van der Waals surface area contributed by atoms with Crippen molar-refractivity contribution in [3.05, 3.63) is 24.5 Å². The number of carboxylic acid groups (broad SMARTS) is 1. The molecule has 1 aromatic heterocycles. The number of carboxylic acids is 1. The third-order valence-electron chi connectivity index (χ3n) is 4.38. The number of nitrogens with zero attached hydrogens (tertiary/aromatic N) is 3. The molecule has 2 aliphatic rings. The van der Waals surface area contributed by atoms with E-state index in [1.807, 2.05) is 12.2 Å². The quantitative estimate of drug-likeness (QED) is 0.580. The van der Waals surface area contributed by atoms with Crippen molar-refractivity contribution in [3.8, 4) is 0 Å². The first-order valence-corrected chi connectivity index (χ1v) is 7.20. The van der Waals surface area contributed by atoms with Crippen molar-refractivity contribution in [2.75, 3.05) is 6.54 Å². The van der Waals surface area contributed by atoms with Crippen molar-refractivity contribution < 1.29 is 14.7 Å². The third-order valence-corrected chi connectivity index (χ3v) is 4.38. The second kappa shape index (κ2) is 5.67. The van der Waals surface area contributed by atoms with E-state index >= 15 is 0 Å². The molecular weight excluding hydrogens is 272 g/mol. The molecule has 4 atom stereocenters. The molecule has 2 bridgehead atoms. The summed E-state index contributed by atoms with van der Waals surface area (Å²) in [6.45, 7) is 1.20. The minimum Gasteiger partial charge on any atom is -0.481 e. The van der Waals surface area contributed by atoms with Crippen molar-refractivity contribution in [1.29, 1.82) is 0 Å². The van der Waals surface area contributed by atoms with E-state index in [1.54, 1.807) is 17.1 Å². The fraction of sp³-hybridized carbons (Fsp3) is 0.571. The van der Waals surface area contributed by atoms with E-state index < -0.39 is 17.8 Å². The molecule has 2 aliphatic carbocycles. The SMILES string of the molecule is O=C(O)[C@@H]1C2C=CC(C2)[C@@H]1C(=O)NCCCn1ccnn1. The number of hydrogen-bond donors (Lipinski definition) is 2. The van der Waals surface area contributed by atoms with Gasteiger partial charge in [-0.1, -0.05) is 17.4 Å². The topological polar surface area (TPSA) is 97.1 Å². The molecular formula is C14H18N4O3. The Morgan fingerprint density at radius 2 is 2.05 bits per heavy atom. The van der Waals surface area contributed by atoms with Gasteiger partial charge in [0.1, 0.15) is 0 Å². The predicted octanol–water partition coefficient (Wildman–Crippen LogP) is 0.307. The summed E-state index contributed by atoms with van der Waals surface area (Å²) in [6, 6.07) is 0. The predicted molar refractivity (Wildman–Crippen MR) is 73.0 cm³/mol. The Morgan fingerprint density at radius 1 is 1.29 bits per heavy atom. The number of aliphatic carboxylic acids is 1. The summed E-state index contributed by atoms with van der Waals surface area (Å²) in [5.41, 5.74) is 0. The number of allylic oxidation sites excluding steroid dienone is 2. The Hall–Kier alpha value is -2.18. The summed E-state index contributed by atoms with van der Waals surface area (Å²) >= 11 is 0. The van der Waals surface area contributed by atoms with Crippen molar-refractivity contribution >= 4 is 11.9 Å². The van der Waals surface area contributed by atoms with Gasteiger partial charge < -0.3 is 10.4 Å². The van der Waals surface area contributed by atoms with Gasteiger partial charge in [0, 0.05) is 19.3 Å². The van der Waals surface area contributed by atoms with Gasteiger partial charge in [-0.3, -0.25) is 14.3 Å². The summed E-state index contributed by atoms with van der Waals surface area (Å²) < 4.78 is 1.70.